The van der Waals surface area contributed by atoms with Gasteiger partial charge in [0.2, 0.25) is 5.91 Å². The molecule has 2 aromatic rings. The first kappa shape index (κ1) is 18.8. The van der Waals surface area contributed by atoms with Crippen LogP contribution in [-0.2, 0) is 11.2 Å². The van der Waals surface area contributed by atoms with E-state index in [0.717, 1.165) is 11.1 Å². The Morgan fingerprint density at radius 2 is 1.83 bits per heavy atom. The van der Waals surface area contributed by atoms with E-state index in [2.05, 4.69) is 0 Å². The van der Waals surface area contributed by atoms with Crippen molar-refractivity contribution in [1.82, 2.24) is 4.90 Å². The van der Waals surface area contributed by atoms with E-state index in [9.17, 15) is 9.90 Å². The molecule has 128 valence electrons. The van der Waals surface area contributed by atoms with Crippen molar-refractivity contribution in [2.24, 2.45) is 0 Å². The molecule has 0 aromatic heterocycles. The van der Waals surface area contributed by atoms with Gasteiger partial charge in [0.25, 0.3) is 0 Å². The van der Waals surface area contributed by atoms with E-state index in [-0.39, 0.29) is 18.4 Å². The van der Waals surface area contributed by atoms with E-state index in [1.807, 2.05) is 36.4 Å². The van der Waals surface area contributed by atoms with Gasteiger partial charge in [-0.25, -0.2) is 0 Å². The lowest BCUT2D eigenvalue weighted by molar-refractivity contribution is -0.129. The van der Waals surface area contributed by atoms with Crippen LogP contribution in [0.15, 0.2) is 48.5 Å². The maximum absolute atomic E-state index is 12.4. The number of nitrogens with zero attached hydrogens (tertiary/aromatic N) is 1. The molecule has 0 radical (unpaired) electrons. The second-order valence-corrected chi connectivity index (χ2v) is 6.63. The van der Waals surface area contributed by atoms with Crippen LogP contribution in [0.3, 0.4) is 0 Å². The van der Waals surface area contributed by atoms with Crippen LogP contribution in [0.4, 0.5) is 0 Å². The zero-order chi connectivity index (χ0) is 17.5. The van der Waals surface area contributed by atoms with E-state index in [0.29, 0.717) is 29.4 Å². The SMILES string of the molecule is CN(CC(CCO)c1ccc(Cl)c(Cl)c1)C(=O)Cc1ccccc1. The molecule has 0 bridgehead atoms. The molecule has 0 saturated heterocycles. The van der Waals surface area contributed by atoms with Crippen LogP contribution in [0.25, 0.3) is 0 Å². The van der Waals surface area contributed by atoms with Gasteiger partial charge >= 0.3 is 0 Å². The third-order valence-corrected chi connectivity index (χ3v) is 4.75. The van der Waals surface area contributed by atoms with Gasteiger partial charge in [0.15, 0.2) is 0 Å². The number of carbonyl (C=O) groups excluding carboxylic acids is 1. The molecule has 3 nitrogen and oxygen atoms in total. The minimum atomic E-state index is 0.00879. The van der Waals surface area contributed by atoms with Gasteiger partial charge in [-0.2, -0.15) is 0 Å². The maximum Gasteiger partial charge on any atom is 0.226 e. The van der Waals surface area contributed by atoms with Crippen molar-refractivity contribution in [2.45, 2.75) is 18.8 Å². The van der Waals surface area contributed by atoms with Crippen molar-refractivity contribution in [3.8, 4) is 0 Å². The van der Waals surface area contributed by atoms with Crippen molar-refractivity contribution in [3.05, 3.63) is 69.7 Å². The van der Waals surface area contributed by atoms with Crippen LogP contribution >= 0.6 is 23.2 Å². The van der Waals surface area contributed by atoms with E-state index in [4.69, 9.17) is 23.2 Å². The Kier molecular flexibility index (Phi) is 7.10. The summed E-state index contributed by atoms with van der Waals surface area (Å²) in [6.45, 7) is 0.565. The summed E-state index contributed by atoms with van der Waals surface area (Å²) in [5, 5.41) is 10.3. The average Bonchev–Trinajstić information content (AvgIpc) is 2.57. The Morgan fingerprint density at radius 3 is 2.46 bits per heavy atom. The predicted molar refractivity (Wildman–Crippen MR) is 98.7 cm³/mol. The summed E-state index contributed by atoms with van der Waals surface area (Å²) in [5.41, 5.74) is 1.96. The molecule has 24 heavy (non-hydrogen) atoms. The molecule has 1 N–H and O–H groups in total. The first-order valence-corrected chi connectivity index (χ1v) is 8.60. The van der Waals surface area contributed by atoms with Crippen LogP contribution < -0.4 is 0 Å². The molecule has 1 atom stereocenters. The Bertz CT molecular complexity index is 676. The third-order valence-electron chi connectivity index (χ3n) is 4.01. The van der Waals surface area contributed by atoms with Gasteiger partial charge in [0.1, 0.15) is 0 Å². The number of aliphatic hydroxyl groups excluding tert-OH is 1. The molecule has 1 amide bonds. The quantitative estimate of drug-likeness (QED) is 0.799. The topological polar surface area (TPSA) is 40.5 Å². The van der Waals surface area contributed by atoms with Crippen molar-refractivity contribution in [2.75, 3.05) is 20.2 Å². The Morgan fingerprint density at radius 1 is 1.12 bits per heavy atom. The predicted octanol–water partition coefficient (Wildman–Crippen LogP) is 4.16. The molecular weight excluding hydrogens is 345 g/mol. The number of hydrogen-bond acceptors (Lipinski definition) is 2. The fraction of sp³-hybridized carbons (Fsp3) is 0.316. The molecule has 0 saturated carbocycles. The first-order valence-electron chi connectivity index (χ1n) is 7.85. The second kappa shape index (κ2) is 9.07. The number of amides is 1. The fourth-order valence-corrected chi connectivity index (χ4v) is 2.93. The van der Waals surface area contributed by atoms with Crippen LogP contribution in [0.1, 0.15) is 23.5 Å². The smallest absolute Gasteiger partial charge is 0.226 e. The summed E-state index contributed by atoms with van der Waals surface area (Å²) in [6, 6.07) is 15.1. The van der Waals surface area contributed by atoms with Gasteiger partial charge in [0, 0.05) is 26.1 Å². The molecule has 0 aliphatic carbocycles. The zero-order valence-electron chi connectivity index (χ0n) is 13.6. The highest BCUT2D eigenvalue weighted by molar-refractivity contribution is 6.42. The molecule has 0 spiro atoms. The van der Waals surface area contributed by atoms with E-state index in [1.165, 1.54) is 0 Å². The summed E-state index contributed by atoms with van der Waals surface area (Å²) >= 11 is 12.1. The minimum Gasteiger partial charge on any atom is -0.396 e. The van der Waals surface area contributed by atoms with Crippen molar-refractivity contribution in [1.29, 1.82) is 0 Å². The number of likely N-dealkylation sites (N-methyl/N-ethyl adjacent to an activating group) is 1. The molecule has 0 heterocycles. The van der Waals surface area contributed by atoms with Crippen LogP contribution in [0.2, 0.25) is 10.0 Å². The summed E-state index contributed by atoms with van der Waals surface area (Å²) in [6.07, 6.45) is 0.922. The monoisotopic (exact) mass is 365 g/mol. The summed E-state index contributed by atoms with van der Waals surface area (Å²) in [5.74, 6) is 0.0543. The van der Waals surface area contributed by atoms with Gasteiger partial charge in [0.05, 0.1) is 16.5 Å². The van der Waals surface area contributed by atoms with E-state index >= 15 is 0 Å². The minimum absolute atomic E-state index is 0.00879. The molecule has 1 unspecified atom stereocenters. The molecule has 2 rings (SSSR count). The summed E-state index contributed by atoms with van der Waals surface area (Å²) < 4.78 is 0. The van der Waals surface area contributed by atoms with Crippen LogP contribution in [-0.4, -0.2) is 36.1 Å². The van der Waals surface area contributed by atoms with Gasteiger partial charge in [-0.15, -0.1) is 0 Å². The van der Waals surface area contributed by atoms with Crippen molar-refractivity contribution < 1.29 is 9.90 Å². The lowest BCUT2D eigenvalue weighted by atomic mass is 9.95. The number of hydrogen-bond donors (Lipinski definition) is 1. The first-order chi connectivity index (χ1) is 11.5. The van der Waals surface area contributed by atoms with Crippen LogP contribution in [0, 0.1) is 0 Å². The normalized spacial score (nSPS) is 12.0. The molecule has 2 aromatic carbocycles. The van der Waals surface area contributed by atoms with Crippen LogP contribution in [0.5, 0.6) is 0 Å². The lowest BCUT2D eigenvalue weighted by Crippen LogP contribution is -2.32. The number of aliphatic hydroxyl groups is 1. The second-order valence-electron chi connectivity index (χ2n) is 5.82. The lowest BCUT2D eigenvalue weighted by Gasteiger charge is -2.24. The van der Waals surface area contributed by atoms with E-state index < -0.39 is 0 Å². The highest BCUT2D eigenvalue weighted by atomic mass is 35.5. The summed E-state index contributed by atoms with van der Waals surface area (Å²) in [7, 11) is 1.78. The fourth-order valence-electron chi connectivity index (χ4n) is 2.62. The van der Waals surface area contributed by atoms with Gasteiger partial charge in [-0.1, -0.05) is 59.6 Å². The highest BCUT2D eigenvalue weighted by Crippen LogP contribution is 2.28. The molecule has 0 aliphatic heterocycles. The van der Waals surface area contributed by atoms with E-state index in [1.54, 1.807) is 24.1 Å². The average molecular weight is 366 g/mol. The van der Waals surface area contributed by atoms with Gasteiger partial charge < -0.3 is 10.0 Å². The Balaban J connectivity index is 2.05. The highest BCUT2D eigenvalue weighted by Gasteiger charge is 2.18. The Hall–Kier alpha value is -1.55. The Labute approximate surface area is 152 Å². The number of halogens is 2. The summed E-state index contributed by atoms with van der Waals surface area (Å²) in [4.78, 5) is 14.1. The standard InChI is InChI=1S/C19H21Cl2NO2/c1-22(19(24)11-14-5-3-2-4-6-14)13-16(9-10-23)15-7-8-17(20)18(21)12-15/h2-8,12,16,23H,9-11,13H2,1H3. The molecule has 0 fully saturated rings. The molecule has 0 aliphatic rings. The maximum atomic E-state index is 12.4. The zero-order valence-corrected chi connectivity index (χ0v) is 15.1. The van der Waals surface area contributed by atoms with Gasteiger partial charge in [-0.3, -0.25) is 4.79 Å². The molecule has 5 heteroatoms. The molecular formula is C19H21Cl2NO2. The van der Waals surface area contributed by atoms with Crippen molar-refractivity contribution >= 4 is 29.1 Å². The van der Waals surface area contributed by atoms with Gasteiger partial charge in [-0.05, 0) is 29.7 Å². The third kappa shape index (κ3) is 5.23. The number of carbonyl (C=O) groups is 1. The number of benzene rings is 2. The number of rotatable bonds is 7. The van der Waals surface area contributed by atoms with Crippen molar-refractivity contribution in [3.63, 3.8) is 0 Å². The largest absolute Gasteiger partial charge is 0.396 e.